The molecule has 4 aromatic carbocycles. The fourth-order valence-electron chi connectivity index (χ4n) is 3.72. The molecule has 0 spiro atoms. The molecule has 1 unspecified atom stereocenters. The molecule has 1 atom stereocenters. The quantitative estimate of drug-likeness (QED) is 0.298. The van der Waals surface area contributed by atoms with Gasteiger partial charge in [-0.2, -0.15) is 0 Å². The Kier molecular flexibility index (Phi) is 6.88. The van der Waals surface area contributed by atoms with E-state index in [4.69, 9.17) is 9.47 Å². The first-order valence-corrected chi connectivity index (χ1v) is 10.6. The van der Waals surface area contributed by atoms with Crippen molar-refractivity contribution < 1.29 is 9.47 Å². The van der Waals surface area contributed by atoms with Crippen LogP contribution in [0.15, 0.2) is 115 Å². The summed E-state index contributed by atoms with van der Waals surface area (Å²) in [5.41, 5.74) is 4.51. The molecule has 0 bridgehead atoms. The summed E-state index contributed by atoms with van der Waals surface area (Å²) in [5, 5.41) is 0. The van der Waals surface area contributed by atoms with Gasteiger partial charge in [0.25, 0.3) is 0 Å². The number of anilines is 2. The van der Waals surface area contributed by atoms with Gasteiger partial charge in [0, 0.05) is 11.4 Å². The molecule has 0 N–H and O–H groups in total. The van der Waals surface area contributed by atoms with Crippen molar-refractivity contribution in [2.45, 2.75) is 6.04 Å². The minimum absolute atomic E-state index is 0.0156. The molecule has 0 fully saturated rings. The van der Waals surface area contributed by atoms with Crippen molar-refractivity contribution >= 4 is 17.5 Å². The Balaban J connectivity index is 1.83. The van der Waals surface area contributed by atoms with Gasteiger partial charge in [-0.3, -0.25) is 0 Å². The molecule has 0 saturated heterocycles. The zero-order valence-corrected chi connectivity index (χ0v) is 18.4. The number of methoxy groups -OCH3 is 2. The van der Waals surface area contributed by atoms with Gasteiger partial charge in [0.2, 0.25) is 0 Å². The van der Waals surface area contributed by atoms with E-state index < -0.39 is 0 Å². The average Bonchev–Trinajstić information content (AvgIpc) is 2.88. The van der Waals surface area contributed by atoms with E-state index in [0.29, 0.717) is 0 Å². The third-order valence-electron chi connectivity index (χ3n) is 5.39. The Bertz CT molecular complexity index is 1070. The van der Waals surface area contributed by atoms with Crippen molar-refractivity contribution in [2.24, 2.45) is 0 Å². The lowest BCUT2D eigenvalue weighted by molar-refractivity contribution is 0.415. The van der Waals surface area contributed by atoms with Crippen LogP contribution < -0.4 is 14.4 Å². The molecule has 0 radical (unpaired) electrons. The van der Waals surface area contributed by atoms with E-state index in [-0.39, 0.29) is 6.04 Å². The predicted octanol–water partition coefficient (Wildman–Crippen LogP) is 7.30. The van der Waals surface area contributed by atoms with Crippen LogP contribution in [0, 0.1) is 0 Å². The zero-order valence-electron chi connectivity index (χ0n) is 18.4. The van der Waals surface area contributed by atoms with E-state index in [1.54, 1.807) is 14.2 Å². The van der Waals surface area contributed by atoms with Crippen LogP contribution in [0.2, 0.25) is 0 Å². The largest absolute Gasteiger partial charge is 0.497 e. The highest BCUT2D eigenvalue weighted by molar-refractivity contribution is 5.68. The van der Waals surface area contributed by atoms with Gasteiger partial charge in [-0.15, -0.1) is 0 Å². The fourth-order valence-corrected chi connectivity index (χ4v) is 3.72. The van der Waals surface area contributed by atoms with E-state index in [1.165, 1.54) is 5.56 Å². The SMILES string of the molecule is COc1ccc(N(c2ccc(OC)cc2)C(/C=C/c2ccccc2)c2ccccc2)cc1. The molecular weight excluding hydrogens is 394 g/mol. The lowest BCUT2D eigenvalue weighted by atomic mass is 10.0. The van der Waals surface area contributed by atoms with Gasteiger partial charge in [-0.25, -0.2) is 0 Å². The molecule has 32 heavy (non-hydrogen) atoms. The predicted molar refractivity (Wildman–Crippen MR) is 133 cm³/mol. The van der Waals surface area contributed by atoms with E-state index in [0.717, 1.165) is 28.4 Å². The van der Waals surface area contributed by atoms with Crippen LogP contribution in [0.3, 0.4) is 0 Å². The summed E-state index contributed by atoms with van der Waals surface area (Å²) in [6.07, 6.45) is 4.43. The smallest absolute Gasteiger partial charge is 0.119 e. The van der Waals surface area contributed by atoms with E-state index >= 15 is 0 Å². The van der Waals surface area contributed by atoms with Crippen LogP contribution in [0.1, 0.15) is 17.2 Å². The highest BCUT2D eigenvalue weighted by Gasteiger charge is 2.21. The van der Waals surface area contributed by atoms with Crippen LogP contribution in [0.5, 0.6) is 11.5 Å². The van der Waals surface area contributed by atoms with Crippen LogP contribution in [0.25, 0.3) is 6.08 Å². The molecule has 4 aromatic rings. The summed E-state index contributed by atoms with van der Waals surface area (Å²) in [4.78, 5) is 2.33. The van der Waals surface area contributed by atoms with Gasteiger partial charge >= 0.3 is 0 Å². The minimum atomic E-state index is -0.0156. The Labute approximate surface area is 190 Å². The topological polar surface area (TPSA) is 21.7 Å². The minimum Gasteiger partial charge on any atom is -0.497 e. The van der Waals surface area contributed by atoms with Crippen molar-refractivity contribution in [3.63, 3.8) is 0 Å². The molecule has 0 heterocycles. The number of rotatable bonds is 8. The van der Waals surface area contributed by atoms with Crippen LogP contribution in [-0.4, -0.2) is 14.2 Å². The average molecular weight is 422 g/mol. The lowest BCUT2D eigenvalue weighted by Gasteiger charge is -2.33. The third kappa shape index (κ3) is 5.01. The molecule has 3 heteroatoms. The van der Waals surface area contributed by atoms with E-state index in [9.17, 15) is 0 Å². The van der Waals surface area contributed by atoms with Crippen molar-refractivity contribution in [3.8, 4) is 11.5 Å². The molecular formula is C29H27NO2. The molecule has 0 aromatic heterocycles. The molecule has 3 nitrogen and oxygen atoms in total. The maximum atomic E-state index is 5.39. The molecule has 0 saturated carbocycles. The van der Waals surface area contributed by atoms with Gasteiger partial charge < -0.3 is 14.4 Å². The van der Waals surface area contributed by atoms with Gasteiger partial charge in [0.05, 0.1) is 20.3 Å². The van der Waals surface area contributed by atoms with Crippen molar-refractivity contribution in [2.75, 3.05) is 19.1 Å². The Hall–Kier alpha value is -3.98. The second-order valence-corrected chi connectivity index (χ2v) is 7.39. The van der Waals surface area contributed by atoms with E-state index in [2.05, 4.69) is 89.8 Å². The summed E-state index contributed by atoms with van der Waals surface area (Å²) in [7, 11) is 3.37. The Morgan fingerprint density at radius 2 is 1.06 bits per heavy atom. The number of hydrogen-bond donors (Lipinski definition) is 0. The molecule has 0 aliphatic rings. The maximum Gasteiger partial charge on any atom is 0.119 e. The molecule has 0 aliphatic heterocycles. The molecule has 0 amide bonds. The third-order valence-corrected chi connectivity index (χ3v) is 5.39. The Morgan fingerprint density at radius 1 is 0.594 bits per heavy atom. The summed E-state index contributed by atoms with van der Waals surface area (Å²) < 4.78 is 10.8. The van der Waals surface area contributed by atoms with Crippen LogP contribution in [-0.2, 0) is 0 Å². The fraction of sp³-hybridized carbons (Fsp3) is 0.103. The second kappa shape index (κ2) is 10.4. The first-order chi connectivity index (χ1) is 15.8. The van der Waals surface area contributed by atoms with Gasteiger partial charge in [-0.1, -0.05) is 72.8 Å². The van der Waals surface area contributed by atoms with Crippen molar-refractivity contribution in [1.29, 1.82) is 0 Å². The normalized spacial score (nSPS) is 11.8. The summed E-state index contributed by atoms with van der Waals surface area (Å²) in [6, 6.07) is 37.3. The van der Waals surface area contributed by atoms with Crippen LogP contribution >= 0.6 is 0 Å². The summed E-state index contributed by atoms with van der Waals surface area (Å²) in [5.74, 6) is 1.67. The standard InChI is InChI=1S/C29H27NO2/c1-31-27-18-14-25(15-19-27)30(26-16-20-28(32-2)21-17-26)29(24-11-7-4-8-12-24)22-13-23-9-5-3-6-10-23/h3-22,29H,1-2H3/b22-13+. The highest BCUT2D eigenvalue weighted by atomic mass is 16.5. The number of benzene rings is 4. The van der Waals surface area contributed by atoms with Crippen molar-refractivity contribution in [3.05, 3.63) is 126 Å². The molecule has 4 rings (SSSR count). The zero-order chi connectivity index (χ0) is 22.2. The first-order valence-electron chi connectivity index (χ1n) is 10.6. The monoisotopic (exact) mass is 421 g/mol. The first kappa shape index (κ1) is 21.3. The summed E-state index contributed by atoms with van der Waals surface area (Å²) in [6.45, 7) is 0. The second-order valence-electron chi connectivity index (χ2n) is 7.39. The summed E-state index contributed by atoms with van der Waals surface area (Å²) >= 11 is 0. The lowest BCUT2D eigenvalue weighted by Crippen LogP contribution is -2.22. The van der Waals surface area contributed by atoms with Crippen LogP contribution in [0.4, 0.5) is 11.4 Å². The number of hydrogen-bond acceptors (Lipinski definition) is 3. The maximum absolute atomic E-state index is 5.39. The van der Waals surface area contributed by atoms with E-state index in [1.807, 2.05) is 36.4 Å². The Morgan fingerprint density at radius 3 is 1.53 bits per heavy atom. The van der Waals surface area contributed by atoms with Crippen molar-refractivity contribution in [1.82, 2.24) is 0 Å². The van der Waals surface area contributed by atoms with Gasteiger partial charge in [0.1, 0.15) is 11.5 Å². The number of nitrogens with zero attached hydrogens (tertiary/aromatic N) is 1. The highest BCUT2D eigenvalue weighted by Crippen LogP contribution is 2.37. The molecule has 160 valence electrons. The molecule has 0 aliphatic carbocycles. The van der Waals surface area contributed by atoms with Gasteiger partial charge in [-0.05, 0) is 59.7 Å². The number of ether oxygens (including phenoxy) is 2. The van der Waals surface area contributed by atoms with Gasteiger partial charge in [0.15, 0.2) is 0 Å².